The highest BCUT2D eigenvalue weighted by Gasteiger charge is 2.10. The number of hydrogen-bond acceptors (Lipinski definition) is 4. The van der Waals surface area contributed by atoms with E-state index in [-0.39, 0.29) is 19.3 Å². The Hall–Kier alpha value is -0.160. The molecule has 2 N–H and O–H groups in total. The lowest BCUT2D eigenvalue weighted by atomic mass is 10.0. The van der Waals surface area contributed by atoms with E-state index in [9.17, 15) is 5.11 Å². The van der Waals surface area contributed by atoms with Crippen LogP contribution in [0, 0.1) is 0 Å². The molecule has 4 nitrogen and oxygen atoms in total. The quantitative estimate of drug-likeness (QED) is 0.305. The van der Waals surface area contributed by atoms with Gasteiger partial charge in [0.25, 0.3) is 0 Å². The summed E-state index contributed by atoms with van der Waals surface area (Å²) in [5.74, 6) is 0. The number of unbranched alkanes of at least 4 members (excludes halogenated alkanes) is 11. The van der Waals surface area contributed by atoms with Gasteiger partial charge in [0.1, 0.15) is 6.10 Å². The van der Waals surface area contributed by atoms with Crippen molar-refractivity contribution in [3.05, 3.63) is 0 Å². The van der Waals surface area contributed by atoms with Gasteiger partial charge in [-0.25, -0.2) is 0 Å². The molecular formula is C21H44O4. The van der Waals surface area contributed by atoms with E-state index >= 15 is 0 Å². The maximum absolute atomic E-state index is 9.27. The van der Waals surface area contributed by atoms with Crippen molar-refractivity contribution in [2.75, 3.05) is 26.4 Å². The standard InChI is InChI=1S/C21H44O4/c1-3-5-6-7-8-9-10-11-12-13-14-15-16-21(25-4-2)19-24-18-20(23)17-22/h20-23H,3-19H2,1-2H3. The second kappa shape index (κ2) is 20.2. The Balaban J connectivity index is 3.41. The highest BCUT2D eigenvalue weighted by atomic mass is 16.5. The lowest BCUT2D eigenvalue weighted by molar-refractivity contribution is -0.0484. The number of ether oxygens (including phenoxy) is 2. The van der Waals surface area contributed by atoms with Crippen molar-refractivity contribution in [2.24, 2.45) is 0 Å². The van der Waals surface area contributed by atoms with Crippen molar-refractivity contribution in [2.45, 2.75) is 110 Å². The number of hydrogen-bond donors (Lipinski definition) is 2. The summed E-state index contributed by atoms with van der Waals surface area (Å²) in [6.45, 7) is 5.39. The third-order valence-corrected chi connectivity index (χ3v) is 4.61. The van der Waals surface area contributed by atoms with Gasteiger partial charge in [-0.15, -0.1) is 0 Å². The molecule has 0 aromatic carbocycles. The van der Waals surface area contributed by atoms with Crippen molar-refractivity contribution >= 4 is 0 Å². The summed E-state index contributed by atoms with van der Waals surface area (Å²) in [5, 5.41) is 18.0. The molecule has 2 unspecified atom stereocenters. The second-order valence-electron chi connectivity index (χ2n) is 7.13. The van der Waals surface area contributed by atoms with Crippen LogP contribution in [-0.2, 0) is 9.47 Å². The van der Waals surface area contributed by atoms with Crippen LogP contribution in [0.3, 0.4) is 0 Å². The van der Waals surface area contributed by atoms with Gasteiger partial charge in [0.15, 0.2) is 0 Å². The lowest BCUT2D eigenvalue weighted by Gasteiger charge is -2.18. The van der Waals surface area contributed by atoms with E-state index in [4.69, 9.17) is 14.6 Å². The molecule has 0 amide bonds. The topological polar surface area (TPSA) is 58.9 Å². The molecular weight excluding hydrogens is 316 g/mol. The molecule has 25 heavy (non-hydrogen) atoms. The molecule has 0 spiro atoms. The van der Waals surface area contributed by atoms with Gasteiger partial charge in [-0.05, 0) is 13.3 Å². The molecule has 0 aliphatic heterocycles. The molecule has 0 saturated heterocycles. The number of aliphatic hydroxyl groups excluding tert-OH is 2. The Kier molecular flexibility index (Phi) is 20.0. The summed E-state index contributed by atoms with van der Waals surface area (Å²) in [6.07, 6.45) is 16.6. The van der Waals surface area contributed by atoms with E-state index in [0.29, 0.717) is 13.2 Å². The summed E-state index contributed by atoms with van der Waals surface area (Å²) < 4.78 is 11.1. The summed E-state index contributed by atoms with van der Waals surface area (Å²) in [4.78, 5) is 0. The minimum atomic E-state index is -0.783. The summed E-state index contributed by atoms with van der Waals surface area (Å²) >= 11 is 0. The first-order valence-corrected chi connectivity index (χ1v) is 10.7. The molecule has 0 bridgehead atoms. The van der Waals surface area contributed by atoms with Crippen LogP contribution in [0.15, 0.2) is 0 Å². The van der Waals surface area contributed by atoms with E-state index in [1.54, 1.807) is 0 Å². The van der Waals surface area contributed by atoms with Crippen LogP contribution in [0.25, 0.3) is 0 Å². The second-order valence-corrected chi connectivity index (χ2v) is 7.13. The monoisotopic (exact) mass is 360 g/mol. The van der Waals surface area contributed by atoms with E-state index < -0.39 is 6.10 Å². The molecule has 2 atom stereocenters. The Bertz CT molecular complexity index is 248. The zero-order chi connectivity index (χ0) is 18.6. The molecule has 0 aromatic rings. The molecule has 0 fully saturated rings. The van der Waals surface area contributed by atoms with Crippen LogP contribution in [0.4, 0.5) is 0 Å². The molecule has 0 radical (unpaired) electrons. The minimum Gasteiger partial charge on any atom is -0.394 e. The average Bonchev–Trinajstić information content (AvgIpc) is 2.62. The van der Waals surface area contributed by atoms with E-state index in [0.717, 1.165) is 6.42 Å². The van der Waals surface area contributed by atoms with Gasteiger partial charge in [-0.3, -0.25) is 0 Å². The predicted octanol–water partition coefficient (Wildman–Crippen LogP) is 4.85. The molecule has 0 rings (SSSR count). The van der Waals surface area contributed by atoms with Gasteiger partial charge >= 0.3 is 0 Å². The van der Waals surface area contributed by atoms with Crippen molar-refractivity contribution in [3.8, 4) is 0 Å². The van der Waals surface area contributed by atoms with Gasteiger partial charge in [0.05, 0.1) is 25.9 Å². The zero-order valence-corrected chi connectivity index (χ0v) is 16.9. The highest BCUT2D eigenvalue weighted by Crippen LogP contribution is 2.14. The Morgan fingerprint density at radius 3 is 1.72 bits per heavy atom. The SMILES string of the molecule is CCCCCCCCCCCCCCC(COCC(O)CO)OCC. The van der Waals surface area contributed by atoms with Gasteiger partial charge < -0.3 is 19.7 Å². The van der Waals surface area contributed by atoms with Crippen LogP contribution < -0.4 is 0 Å². The molecule has 0 aromatic heterocycles. The number of aliphatic hydroxyl groups is 2. The Morgan fingerprint density at radius 1 is 0.720 bits per heavy atom. The summed E-state index contributed by atoms with van der Waals surface area (Å²) in [6, 6.07) is 0. The molecule has 0 saturated carbocycles. The first kappa shape index (κ1) is 24.8. The van der Waals surface area contributed by atoms with Crippen LogP contribution >= 0.6 is 0 Å². The Morgan fingerprint density at radius 2 is 1.24 bits per heavy atom. The largest absolute Gasteiger partial charge is 0.394 e. The van der Waals surface area contributed by atoms with Gasteiger partial charge in [-0.1, -0.05) is 84.0 Å². The van der Waals surface area contributed by atoms with Gasteiger partial charge in [-0.2, -0.15) is 0 Å². The maximum Gasteiger partial charge on any atom is 0.100 e. The minimum absolute atomic E-state index is 0.110. The van der Waals surface area contributed by atoms with E-state index in [1.807, 2.05) is 6.92 Å². The third-order valence-electron chi connectivity index (χ3n) is 4.61. The Labute approximate surface area is 156 Å². The van der Waals surface area contributed by atoms with Crippen molar-refractivity contribution in [1.82, 2.24) is 0 Å². The lowest BCUT2D eigenvalue weighted by Crippen LogP contribution is -2.25. The molecule has 4 heteroatoms. The molecule has 0 aliphatic rings. The van der Waals surface area contributed by atoms with Crippen molar-refractivity contribution < 1.29 is 19.7 Å². The van der Waals surface area contributed by atoms with E-state index in [1.165, 1.54) is 77.0 Å². The fourth-order valence-electron chi connectivity index (χ4n) is 3.05. The smallest absolute Gasteiger partial charge is 0.100 e. The predicted molar refractivity (Wildman–Crippen MR) is 105 cm³/mol. The van der Waals surface area contributed by atoms with E-state index in [2.05, 4.69) is 6.92 Å². The van der Waals surface area contributed by atoms with Crippen LogP contribution in [-0.4, -0.2) is 48.8 Å². The maximum atomic E-state index is 9.27. The normalized spacial score (nSPS) is 13.9. The van der Waals surface area contributed by atoms with Gasteiger partial charge in [0.2, 0.25) is 0 Å². The van der Waals surface area contributed by atoms with Gasteiger partial charge in [0, 0.05) is 6.61 Å². The van der Waals surface area contributed by atoms with Crippen molar-refractivity contribution in [1.29, 1.82) is 0 Å². The summed E-state index contributed by atoms with van der Waals surface area (Å²) in [7, 11) is 0. The number of rotatable bonds is 20. The third kappa shape index (κ3) is 18.4. The first-order valence-electron chi connectivity index (χ1n) is 10.7. The first-order chi connectivity index (χ1) is 12.2. The fraction of sp³-hybridized carbons (Fsp3) is 1.00. The van der Waals surface area contributed by atoms with Crippen LogP contribution in [0.1, 0.15) is 97.3 Å². The van der Waals surface area contributed by atoms with Crippen LogP contribution in [0.5, 0.6) is 0 Å². The van der Waals surface area contributed by atoms with Crippen LogP contribution in [0.2, 0.25) is 0 Å². The molecule has 0 aliphatic carbocycles. The van der Waals surface area contributed by atoms with Crippen molar-refractivity contribution in [3.63, 3.8) is 0 Å². The average molecular weight is 361 g/mol. The fourth-order valence-corrected chi connectivity index (χ4v) is 3.05. The molecule has 152 valence electrons. The highest BCUT2D eigenvalue weighted by molar-refractivity contribution is 4.59. The molecule has 0 heterocycles. The summed E-state index contributed by atoms with van der Waals surface area (Å²) in [5.41, 5.74) is 0. The zero-order valence-electron chi connectivity index (χ0n) is 16.9.